The van der Waals surface area contributed by atoms with Gasteiger partial charge in [-0.1, -0.05) is 18.2 Å². The average molecular weight is 420 g/mol. The molecule has 0 saturated carbocycles. The highest BCUT2D eigenvalue weighted by Crippen LogP contribution is 2.20. The van der Waals surface area contributed by atoms with E-state index < -0.39 is 5.43 Å². The molecule has 1 saturated heterocycles. The van der Waals surface area contributed by atoms with Gasteiger partial charge in [0, 0.05) is 31.9 Å². The number of carbonyl (C=O) groups excluding carboxylic acids is 1. The fourth-order valence-corrected chi connectivity index (χ4v) is 3.60. The molecule has 1 aliphatic heterocycles. The predicted octanol–water partition coefficient (Wildman–Crippen LogP) is 2.21. The van der Waals surface area contributed by atoms with E-state index in [-0.39, 0.29) is 17.5 Å². The first-order valence-electron chi connectivity index (χ1n) is 10.0. The van der Waals surface area contributed by atoms with Crippen LogP contribution in [0.2, 0.25) is 0 Å². The highest BCUT2D eigenvalue weighted by molar-refractivity contribution is 5.92. The minimum absolute atomic E-state index is 0.121. The van der Waals surface area contributed by atoms with E-state index in [1.54, 1.807) is 36.3 Å². The summed E-state index contributed by atoms with van der Waals surface area (Å²) in [6.07, 6.45) is 0. The molecule has 1 aromatic heterocycles. The normalized spacial score (nSPS) is 13.7. The fourth-order valence-electron chi connectivity index (χ4n) is 3.60. The molecule has 160 valence electrons. The molecule has 1 fully saturated rings. The first-order chi connectivity index (χ1) is 15.1. The second-order valence-corrected chi connectivity index (χ2v) is 7.12. The lowest BCUT2D eigenvalue weighted by atomic mass is 10.2. The number of rotatable bonds is 5. The molecule has 8 heteroatoms. The van der Waals surface area contributed by atoms with E-state index in [9.17, 15) is 9.59 Å². The Bertz CT molecular complexity index is 1100. The number of piperazine rings is 1. The van der Waals surface area contributed by atoms with Gasteiger partial charge in [-0.25, -0.2) is 4.68 Å². The van der Waals surface area contributed by atoms with Crippen LogP contribution in [0.5, 0.6) is 11.6 Å². The minimum Gasteiger partial charge on any atom is -0.497 e. The van der Waals surface area contributed by atoms with E-state index in [0.29, 0.717) is 37.6 Å². The number of ether oxygens (including phenoxy) is 2. The quantitative estimate of drug-likeness (QED) is 0.630. The number of methoxy groups -OCH3 is 2. The lowest BCUT2D eigenvalue weighted by Crippen LogP contribution is -2.50. The first kappa shape index (κ1) is 20.5. The van der Waals surface area contributed by atoms with E-state index in [1.807, 2.05) is 18.2 Å². The number of amides is 1. The molecular formula is C23H24N4O4. The third-order valence-electron chi connectivity index (χ3n) is 5.31. The molecule has 1 aliphatic rings. The largest absolute Gasteiger partial charge is 0.497 e. The first-order valence-corrected chi connectivity index (χ1v) is 10.0. The van der Waals surface area contributed by atoms with Crippen LogP contribution in [-0.2, 0) is 0 Å². The SMILES string of the molecule is COc1ccc(-n2nc(C(=O)N3CCN(c4ccccc4)CC3)c(=O)cc2OC)cc1. The van der Waals surface area contributed by atoms with Crippen molar-refractivity contribution in [3.8, 4) is 17.3 Å². The second-order valence-electron chi connectivity index (χ2n) is 7.12. The molecular weight excluding hydrogens is 396 g/mol. The summed E-state index contributed by atoms with van der Waals surface area (Å²) in [5, 5.41) is 4.35. The van der Waals surface area contributed by atoms with Crippen molar-refractivity contribution in [1.29, 1.82) is 0 Å². The molecule has 8 nitrogen and oxygen atoms in total. The van der Waals surface area contributed by atoms with Crippen LogP contribution in [0.3, 0.4) is 0 Å². The molecule has 0 unspecified atom stereocenters. The molecule has 4 rings (SSSR count). The molecule has 3 aromatic rings. The van der Waals surface area contributed by atoms with Crippen LogP contribution in [0.1, 0.15) is 10.5 Å². The van der Waals surface area contributed by atoms with Crippen LogP contribution in [0, 0.1) is 0 Å². The van der Waals surface area contributed by atoms with E-state index in [1.165, 1.54) is 17.9 Å². The van der Waals surface area contributed by atoms with Crippen molar-refractivity contribution in [3.63, 3.8) is 0 Å². The summed E-state index contributed by atoms with van der Waals surface area (Å²) in [6.45, 7) is 2.42. The van der Waals surface area contributed by atoms with Crippen molar-refractivity contribution in [3.05, 3.63) is 76.6 Å². The molecule has 0 N–H and O–H groups in total. The van der Waals surface area contributed by atoms with Gasteiger partial charge in [-0.05, 0) is 36.4 Å². The van der Waals surface area contributed by atoms with Gasteiger partial charge in [0.05, 0.1) is 26.0 Å². The Balaban J connectivity index is 1.57. The van der Waals surface area contributed by atoms with Gasteiger partial charge in [0.2, 0.25) is 11.3 Å². The van der Waals surface area contributed by atoms with Crippen molar-refractivity contribution in [2.45, 2.75) is 0 Å². The Kier molecular flexibility index (Phi) is 5.88. The number of benzene rings is 2. The number of hydrogen-bond acceptors (Lipinski definition) is 6. The summed E-state index contributed by atoms with van der Waals surface area (Å²) in [7, 11) is 3.04. The number of hydrogen-bond donors (Lipinski definition) is 0. The van der Waals surface area contributed by atoms with Crippen LogP contribution in [0.25, 0.3) is 5.69 Å². The monoisotopic (exact) mass is 420 g/mol. The zero-order chi connectivity index (χ0) is 21.8. The van der Waals surface area contributed by atoms with Crippen molar-refractivity contribution in [2.24, 2.45) is 0 Å². The average Bonchev–Trinajstić information content (AvgIpc) is 2.84. The predicted molar refractivity (Wildman–Crippen MR) is 117 cm³/mol. The summed E-state index contributed by atoms with van der Waals surface area (Å²) in [4.78, 5) is 29.6. The Hall–Kier alpha value is -3.81. The Morgan fingerprint density at radius 3 is 2.16 bits per heavy atom. The number of para-hydroxylation sites is 1. The van der Waals surface area contributed by atoms with Gasteiger partial charge in [-0.15, -0.1) is 0 Å². The van der Waals surface area contributed by atoms with Gasteiger partial charge in [0.15, 0.2) is 5.69 Å². The zero-order valence-corrected chi connectivity index (χ0v) is 17.5. The molecule has 1 amide bonds. The van der Waals surface area contributed by atoms with Crippen LogP contribution >= 0.6 is 0 Å². The Morgan fingerprint density at radius 2 is 1.55 bits per heavy atom. The maximum atomic E-state index is 13.1. The standard InChI is InChI=1S/C23H24N4O4/c1-30-19-10-8-18(9-11-19)27-21(31-2)16-20(28)22(24-27)23(29)26-14-12-25(13-15-26)17-6-4-3-5-7-17/h3-11,16H,12-15H2,1-2H3. The van der Waals surface area contributed by atoms with Gasteiger partial charge in [0.1, 0.15) is 5.75 Å². The summed E-state index contributed by atoms with van der Waals surface area (Å²) in [5.41, 5.74) is 1.20. The summed E-state index contributed by atoms with van der Waals surface area (Å²) < 4.78 is 12.0. The highest BCUT2D eigenvalue weighted by atomic mass is 16.5. The van der Waals surface area contributed by atoms with Gasteiger partial charge in [0.25, 0.3) is 5.91 Å². The summed E-state index contributed by atoms with van der Waals surface area (Å²) in [5.74, 6) is 0.569. The minimum atomic E-state index is -0.461. The molecule has 2 heterocycles. The number of anilines is 1. The molecule has 0 atom stereocenters. The topological polar surface area (TPSA) is 76.9 Å². The molecule has 0 bridgehead atoms. The van der Waals surface area contributed by atoms with Crippen molar-refractivity contribution >= 4 is 11.6 Å². The van der Waals surface area contributed by atoms with Gasteiger partial charge < -0.3 is 19.3 Å². The lowest BCUT2D eigenvalue weighted by molar-refractivity contribution is 0.0737. The Labute approximate surface area is 180 Å². The second kappa shape index (κ2) is 8.91. The maximum Gasteiger partial charge on any atom is 0.278 e. The summed E-state index contributed by atoms with van der Waals surface area (Å²) in [6, 6.07) is 18.5. The van der Waals surface area contributed by atoms with Crippen LogP contribution < -0.4 is 19.8 Å². The van der Waals surface area contributed by atoms with Crippen molar-refractivity contribution in [1.82, 2.24) is 14.7 Å². The van der Waals surface area contributed by atoms with E-state index >= 15 is 0 Å². The fraction of sp³-hybridized carbons (Fsp3) is 0.261. The third kappa shape index (κ3) is 4.23. The van der Waals surface area contributed by atoms with E-state index in [4.69, 9.17) is 9.47 Å². The van der Waals surface area contributed by atoms with E-state index in [0.717, 1.165) is 5.69 Å². The number of aromatic nitrogens is 2. The van der Waals surface area contributed by atoms with E-state index in [2.05, 4.69) is 22.1 Å². The van der Waals surface area contributed by atoms with Crippen LogP contribution in [0.15, 0.2) is 65.5 Å². The van der Waals surface area contributed by atoms with Crippen molar-refractivity contribution in [2.75, 3.05) is 45.3 Å². The van der Waals surface area contributed by atoms with Gasteiger partial charge >= 0.3 is 0 Å². The molecule has 0 spiro atoms. The van der Waals surface area contributed by atoms with Crippen LogP contribution in [-0.4, -0.2) is 61.0 Å². The van der Waals surface area contributed by atoms with Gasteiger partial charge in [-0.3, -0.25) is 9.59 Å². The molecule has 31 heavy (non-hydrogen) atoms. The molecule has 0 radical (unpaired) electrons. The van der Waals surface area contributed by atoms with Crippen molar-refractivity contribution < 1.29 is 14.3 Å². The Morgan fingerprint density at radius 1 is 0.871 bits per heavy atom. The lowest BCUT2D eigenvalue weighted by Gasteiger charge is -2.35. The van der Waals surface area contributed by atoms with Gasteiger partial charge in [-0.2, -0.15) is 5.10 Å². The zero-order valence-electron chi connectivity index (χ0n) is 17.5. The number of carbonyl (C=O) groups is 1. The molecule has 2 aromatic carbocycles. The summed E-state index contributed by atoms with van der Waals surface area (Å²) >= 11 is 0. The number of nitrogens with zero attached hydrogens (tertiary/aromatic N) is 4. The smallest absolute Gasteiger partial charge is 0.278 e. The molecule has 0 aliphatic carbocycles. The maximum absolute atomic E-state index is 13.1. The third-order valence-corrected chi connectivity index (χ3v) is 5.31. The van der Waals surface area contributed by atoms with Crippen LogP contribution in [0.4, 0.5) is 5.69 Å². The highest BCUT2D eigenvalue weighted by Gasteiger charge is 2.26.